The van der Waals surface area contributed by atoms with Gasteiger partial charge in [0.1, 0.15) is 29.7 Å². The van der Waals surface area contributed by atoms with Gasteiger partial charge >= 0.3 is 0 Å². The van der Waals surface area contributed by atoms with Gasteiger partial charge < -0.3 is 24.7 Å². The Morgan fingerprint density at radius 3 is 2.18 bits per heavy atom. The van der Waals surface area contributed by atoms with Crippen LogP contribution < -0.4 is 20.8 Å². The fourth-order valence-corrected chi connectivity index (χ4v) is 6.59. The van der Waals surface area contributed by atoms with Crippen LogP contribution in [0.25, 0.3) is 11.2 Å². The second-order valence-corrected chi connectivity index (χ2v) is 11.2. The highest BCUT2D eigenvalue weighted by Crippen LogP contribution is 2.54. The molecule has 3 unspecified atom stereocenters. The fraction of sp³-hybridized carbons (Fsp3) is 0.235. The molecule has 228 valence electrons. The lowest BCUT2D eigenvalue weighted by molar-refractivity contribution is -0.166. The topological polar surface area (TPSA) is 144 Å². The summed E-state index contributed by atoms with van der Waals surface area (Å²) in [4.78, 5) is 37.6. The Kier molecular flexibility index (Phi) is 6.79. The standard InChI is InChI=1S/C34H31N5O6/c1-20-26-17-33(28(20)40,45-31(26)39-19-36-29-27(39)30(41)38-32(35)37-29)18-44-34(21-7-5-4-6-8-21,22-9-13-24(42-2)14-10-22)23-11-15-25(43-3)16-12-23/h4-16,19,26,31H,1,17-18H2,2-3H3,(H3,35,37,38,41). The van der Waals surface area contributed by atoms with E-state index in [4.69, 9.17) is 24.7 Å². The number of fused-ring (bicyclic) bond motifs is 3. The van der Waals surface area contributed by atoms with Gasteiger partial charge in [0.2, 0.25) is 5.95 Å². The summed E-state index contributed by atoms with van der Waals surface area (Å²) < 4.78 is 26.1. The van der Waals surface area contributed by atoms with Crippen molar-refractivity contribution in [3.63, 3.8) is 0 Å². The van der Waals surface area contributed by atoms with Crippen LogP contribution in [0.15, 0.2) is 102 Å². The van der Waals surface area contributed by atoms with Gasteiger partial charge in [0, 0.05) is 5.92 Å². The van der Waals surface area contributed by atoms with Gasteiger partial charge in [0.15, 0.2) is 22.5 Å². The molecule has 7 rings (SSSR count). The molecule has 1 saturated heterocycles. The number of methoxy groups -OCH3 is 2. The second kappa shape index (κ2) is 10.7. The number of ketones is 1. The maximum absolute atomic E-state index is 13.8. The Labute approximate surface area is 258 Å². The van der Waals surface area contributed by atoms with Crippen LogP contribution in [0.1, 0.15) is 29.3 Å². The summed E-state index contributed by atoms with van der Waals surface area (Å²) >= 11 is 0. The number of anilines is 1. The zero-order chi connectivity index (χ0) is 31.3. The average molecular weight is 606 g/mol. The quantitative estimate of drug-likeness (QED) is 0.187. The Hall–Kier alpha value is -5.26. The minimum Gasteiger partial charge on any atom is -0.497 e. The fourth-order valence-electron chi connectivity index (χ4n) is 6.59. The van der Waals surface area contributed by atoms with Crippen molar-refractivity contribution >= 4 is 22.9 Å². The maximum Gasteiger partial charge on any atom is 0.278 e. The van der Waals surface area contributed by atoms with E-state index in [9.17, 15) is 9.59 Å². The minimum absolute atomic E-state index is 0.0367. The number of nitrogens with zero attached hydrogens (tertiary/aromatic N) is 3. The van der Waals surface area contributed by atoms with E-state index in [1.165, 1.54) is 6.33 Å². The van der Waals surface area contributed by atoms with Crippen LogP contribution >= 0.6 is 0 Å². The van der Waals surface area contributed by atoms with Crippen molar-refractivity contribution in [2.45, 2.75) is 23.9 Å². The zero-order valence-corrected chi connectivity index (χ0v) is 24.7. The molecule has 2 aliphatic rings. The van der Waals surface area contributed by atoms with E-state index in [2.05, 4.69) is 21.5 Å². The summed E-state index contributed by atoms with van der Waals surface area (Å²) in [6.45, 7) is 4.03. The highest BCUT2D eigenvalue weighted by Gasteiger charge is 2.62. The zero-order valence-electron chi connectivity index (χ0n) is 24.7. The molecule has 2 bridgehead atoms. The molecule has 11 nitrogen and oxygen atoms in total. The molecule has 1 aliphatic carbocycles. The number of carbonyl (C=O) groups is 1. The van der Waals surface area contributed by atoms with Crippen molar-refractivity contribution < 1.29 is 23.7 Å². The van der Waals surface area contributed by atoms with Crippen LogP contribution in [0.3, 0.4) is 0 Å². The molecule has 45 heavy (non-hydrogen) atoms. The summed E-state index contributed by atoms with van der Waals surface area (Å²) in [6, 6.07) is 25.1. The van der Waals surface area contributed by atoms with E-state index >= 15 is 0 Å². The first-order chi connectivity index (χ1) is 21.8. The number of imidazole rings is 1. The first kappa shape index (κ1) is 28.5. The molecule has 0 radical (unpaired) electrons. The number of carbonyl (C=O) groups excluding carboxylic acids is 1. The number of aromatic amines is 1. The van der Waals surface area contributed by atoms with Crippen LogP contribution in [0, 0.1) is 5.92 Å². The van der Waals surface area contributed by atoms with Crippen molar-refractivity contribution in [2.75, 3.05) is 26.6 Å². The van der Waals surface area contributed by atoms with Crippen LogP contribution in [-0.2, 0) is 19.9 Å². The third-order valence-corrected chi connectivity index (χ3v) is 8.82. The summed E-state index contributed by atoms with van der Waals surface area (Å²) in [6.07, 6.45) is 1.08. The van der Waals surface area contributed by atoms with Gasteiger partial charge in [-0.2, -0.15) is 4.98 Å². The number of Topliss-reactive ketones (excluding diaryl/α,β-unsaturated/α-hetero) is 1. The number of nitrogens with one attached hydrogen (secondary N) is 1. The Bertz CT molecular complexity index is 1920. The number of H-pyrrole nitrogens is 1. The summed E-state index contributed by atoms with van der Waals surface area (Å²) in [5.41, 5.74) is 6.06. The van der Waals surface area contributed by atoms with E-state index in [1.807, 2.05) is 78.9 Å². The van der Waals surface area contributed by atoms with Crippen LogP contribution in [-0.4, -0.2) is 51.7 Å². The van der Waals surface area contributed by atoms with Crippen molar-refractivity contribution in [2.24, 2.45) is 5.92 Å². The molecule has 1 aliphatic heterocycles. The smallest absolute Gasteiger partial charge is 0.278 e. The Morgan fingerprint density at radius 1 is 0.978 bits per heavy atom. The predicted molar refractivity (Wildman–Crippen MR) is 166 cm³/mol. The second-order valence-electron chi connectivity index (χ2n) is 11.2. The molecule has 0 spiro atoms. The largest absolute Gasteiger partial charge is 0.497 e. The number of nitrogens with two attached hydrogens (primary N) is 1. The van der Waals surface area contributed by atoms with Crippen molar-refractivity contribution in [3.05, 3.63) is 124 Å². The highest BCUT2D eigenvalue weighted by molar-refractivity contribution is 6.05. The van der Waals surface area contributed by atoms with E-state index in [1.54, 1.807) is 18.8 Å². The van der Waals surface area contributed by atoms with Crippen LogP contribution in [0.5, 0.6) is 11.5 Å². The molecule has 2 fully saturated rings. The molecule has 5 aromatic rings. The minimum atomic E-state index is -1.35. The Morgan fingerprint density at radius 2 is 1.58 bits per heavy atom. The number of hydrogen-bond donors (Lipinski definition) is 2. The predicted octanol–water partition coefficient (Wildman–Crippen LogP) is 4.14. The van der Waals surface area contributed by atoms with Crippen molar-refractivity contribution in [3.8, 4) is 11.5 Å². The van der Waals surface area contributed by atoms with E-state index in [0.29, 0.717) is 23.5 Å². The third kappa shape index (κ3) is 4.42. The maximum atomic E-state index is 13.8. The normalized spacial score (nSPS) is 21.0. The average Bonchev–Trinajstić information content (AvgIpc) is 3.74. The van der Waals surface area contributed by atoms with Gasteiger partial charge in [-0.1, -0.05) is 61.2 Å². The van der Waals surface area contributed by atoms with E-state index < -0.39 is 28.9 Å². The summed E-state index contributed by atoms with van der Waals surface area (Å²) in [5.74, 6) is 0.727. The number of rotatable bonds is 9. The van der Waals surface area contributed by atoms with Crippen LogP contribution in [0.2, 0.25) is 0 Å². The number of aromatic nitrogens is 4. The lowest BCUT2D eigenvalue weighted by Gasteiger charge is -2.39. The molecule has 3 heterocycles. The van der Waals surface area contributed by atoms with Gasteiger partial charge in [-0.05, 0) is 52.9 Å². The third-order valence-electron chi connectivity index (χ3n) is 8.82. The molecule has 3 aromatic carbocycles. The van der Waals surface area contributed by atoms with Gasteiger partial charge in [-0.25, -0.2) is 4.98 Å². The lowest BCUT2D eigenvalue weighted by atomic mass is 9.79. The van der Waals surface area contributed by atoms with Crippen LogP contribution in [0.4, 0.5) is 5.95 Å². The van der Waals surface area contributed by atoms with Gasteiger partial charge in [0.25, 0.3) is 5.56 Å². The van der Waals surface area contributed by atoms with Gasteiger partial charge in [0.05, 0.1) is 20.8 Å². The first-order valence-electron chi connectivity index (χ1n) is 14.4. The lowest BCUT2D eigenvalue weighted by Crippen LogP contribution is -2.46. The molecular formula is C34H31N5O6. The van der Waals surface area contributed by atoms with Crippen molar-refractivity contribution in [1.29, 1.82) is 0 Å². The summed E-state index contributed by atoms with van der Waals surface area (Å²) in [5, 5.41) is 0. The van der Waals surface area contributed by atoms with Crippen molar-refractivity contribution in [1.82, 2.24) is 19.5 Å². The molecule has 2 aromatic heterocycles. The highest BCUT2D eigenvalue weighted by atomic mass is 16.6. The molecular weight excluding hydrogens is 574 g/mol. The van der Waals surface area contributed by atoms with Gasteiger partial charge in [-0.15, -0.1) is 0 Å². The first-order valence-corrected chi connectivity index (χ1v) is 14.4. The SMILES string of the molecule is C=C1C(=O)C2(COC(c3ccccc3)(c3ccc(OC)cc3)c3ccc(OC)cc3)CC1C(n1cnc3nc(N)[nH]c(=O)c31)O2. The molecule has 3 atom stereocenters. The van der Waals surface area contributed by atoms with E-state index in [0.717, 1.165) is 16.7 Å². The van der Waals surface area contributed by atoms with E-state index in [-0.39, 0.29) is 29.5 Å². The number of benzene rings is 3. The number of nitrogen functional groups attached to an aromatic ring is 1. The number of hydrogen-bond acceptors (Lipinski definition) is 9. The molecule has 1 saturated carbocycles. The number of ether oxygens (including phenoxy) is 4. The molecule has 0 amide bonds. The monoisotopic (exact) mass is 605 g/mol. The molecule has 3 N–H and O–H groups in total. The molecule has 11 heteroatoms. The summed E-state index contributed by atoms with van der Waals surface area (Å²) in [7, 11) is 3.23. The van der Waals surface area contributed by atoms with Gasteiger partial charge in [-0.3, -0.25) is 19.1 Å². The Balaban J connectivity index is 1.33.